The Morgan fingerprint density at radius 3 is 2.07 bits per heavy atom. The second-order valence-corrected chi connectivity index (χ2v) is 4.63. The van der Waals surface area contributed by atoms with Crippen LogP contribution in [-0.2, 0) is 9.53 Å². The van der Waals surface area contributed by atoms with Crippen LogP contribution >= 0.6 is 0 Å². The number of carbonyl (C=O) groups is 1. The van der Waals surface area contributed by atoms with E-state index in [0.717, 1.165) is 19.3 Å². The van der Waals surface area contributed by atoms with Crippen molar-refractivity contribution in [3.63, 3.8) is 0 Å². The molecule has 0 saturated heterocycles. The highest BCUT2D eigenvalue weighted by atomic mass is 16.6. The van der Waals surface area contributed by atoms with Gasteiger partial charge in [-0.15, -0.1) is 0 Å². The summed E-state index contributed by atoms with van der Waals surface area (Å²) in [4.78, 5) is 11.4. The lowest BCUT2D eigenvalue weighted by Crippen LogP contribution is -2.35. The highest BCUT2D eigenvalue weighted by molar-refractivity contribution is 5.69. The Morgan fingerprint density at radius 1 is 1.07 bits per heavy atom. The highest BCUT2D eigenvalue weighted by Crippen LogP contribution is 2.32. The summed E-state index contributed by atoms with van der Waals surface area (Å²) >= 11 is 0. The third-order valence-electron chi connectivity index (χ3n) is 3.53. The first-order chi connectivity index (χ1) is 7.22. The number of hydrogen-bond donors (Lipinski definition) is 0. The van der Waals surface area contributed by atoms with E-state index >= 15 is 0 Å². The average molecular weight is 212 g/mol. The molecule has 0 aliphatic heterocycles. The molecule has 2 heteroatoms. The smallest absolute Gasteiger partial charge is 0.306 e. The lowest BCUT2D eigenvalue weighted by Gasteiger charge is -2.34. The topological polar surface area (TPSA) is 26.3 Å². The lowest BCUT2D eigenvalue weighted by molar-refractivity contribution is -0.162. The van der Waals surface area contributed by atoms with E-state index in [4.69, 9.17) is 4.74 Å². The monoisotopic (exact) mass is 212 g/mol. The zero-order valence-electron chi connectivity index (χ0n) is 10.2. The Morgan fingerprint density at radius 2 is 1.60 bits per heavy atom. The summed E-state index contributed by atoms with van der Waals surface area (Å²) in [6.45, 7) is 4.01. The van der Waals surface area contributed by atoms with E-state index in [1.807, 2.05) is 6.92 Å². The van der Waals surface area contributed by atoms with Gasteiger partial charge in [0.05, 0.1) is 0 Å². The van der Waals surface area contributed by atoms with Crippen molar-refractivity contribution in [1.82, 2.24) is 0 Å². The lowest BCUT2D eigenvalue weighted by atomic mass is 9.85. The van der Waals surface area contributed by atoms with Crippen molar-refractivity contribution in [2.75, 3.05) is 0 Å². The van der Waals surface area contributed by atoms with Gasteiger partial charge in [-0.05, 0) is 32.1 Å². The molecule has 0 aromatic heterocycles. The summed E-state index contributed by atoms with van der Waals surface area (Å²) in [5.74, 6) is -0.0302. The van der Waals surface area contributed by atoms with Crippen LogP contribution in [-0.4, -0.2) is 11.6 Å². The SMILES string of the molecule is CCC(=O)OC1(CC)CCCCCCC1. The van der Waals surface area contributed by atoms with Crippen LogP contribution in [0.2, 0.25) is 0 Å². The van der Waals surface area contributed by atoms with Crippen molar-refractivity contribution in [2.24, 2.45) is 0 Å². The molecule has 1 fully saturated rings. The largest absolute Gasteiger partial charge is 0.459 e. The van der Waals surface area contributed by atoms with Gasteiger partial charge in [-0.1, -0.05) is 33.1 Å². The van der Waals surface area contributed by atoms with Crippen LogP contribution in [0.3, 0.4) is 0 Å². The Hall–Kier alpha value is -0.530. The van der Waals surface area contributed by atoms with Crippen LogP contribution in [0.5, 0.6) is 0 Å². The van der Waals surface area contributed by atoms with Crippen molar-refractivity contribution in [3.8, 4) is 0 Å². The van der Waals surface area contributed by atoms with Gasteiger partial charge in [-0.2, -0.15) is 0 Å². The third-order valence-corrected chi connectivity index (χ3v) is 3.53. The molecule has 0 atom stereocenters. The molecule has 0 unspecified atom stereocenters. The number of rotatable bonds is 3. The fourth-order valence-corrected chi connectivity index (χ4v) is 2.39. The van der Waals surface area contributed by atoms with Gasteiger partial charge in [0.15, 0.2) is 0 Å². The Kier molecular flexibility index (Phi) is 5.13. The number of ether oxygens (including phenoxy) is 1. The van der Waals surface area contributed by atoms with Gasteiger partial charge in [0.1, 0.15) is 5.60 Å². The fraction of sp³-hybridized carbons (Fsp3) is 0.923. The summed E-state index contributed by atoms with van der Waals surface area (Å²) in [7, 11) is 0. The van der Waals surface area contributed by atoms with Crippen molar-refractivity contribution in [1.29, 1.82) is 0 Å². The zero-order chi connectivity index (χ0) is 11.1. The molecule has 0 heterocycles. The molecule has 0 aromatic carbocycles. The van der Waals surface area contributed by atoms with Crippen LogP contribution in [0.4, 0.5) is 0 Å². The quantitative estimate of drug-likeness (QED) is 0.664. The average Bonchev–Trinajstić information content (AvgIpc) is 2.22. The second kappa shape index (κ2) is 6.14. The molecule has 15 heavy (non-hydrogen) atoms. The van der Waals surface area contributed by atoms with Gasteiger partial charge in [0.2, 0.25) is 0 Å². The predicted octanol–water partition coefficient (Wildman–Crippen LogP) is 3.83. The van der Waals surface area contributed by atoms with Crippen LogP contribution in [0.15, 0.2) is 0 Å². The first-order valence-electron chi connectivity index (χ1n) is 6.44. The number of esters is 1. The van der Waals surface area contributed by atoms with Gasteiger partial charge < -0.3 is 4.74 Å². The van der Waals surface area contributed by atoms with E-state index in [1.54, 1.807) is 0 Å². The molecule has 0 aromatic rings. The van der Waals surface area contributed by atoms with E-state index < -0.39 is 0 Å². The summed E-state index contributed by atoms with van der Waals surface area (Å²) < 4.78 is 5.67. The van der Waals surface area contributed by atoms with Gasteiger partial charge in [0, 0.05) is 6.42 Å². The van der Waals surface area contributed by atoms with Gasteiger partial charge in [0.25, 0.3) is 0 Å². The molecule has 1 aliphatic rings. The molecule has 0 amide bonds. The minimum atomic E-state index is -0.131. The van der Waals surface area contributed by atoms with Crippen LogP contribution in [0.1, 0.15) is 71.6 Å². The fourth-order valence-electron chi connectivity index (χ4n) is 2.39. The minimum Gasteiger partial charge on any atom is -0.459 e. The molecule has 1 aliphatic carbocycles. The molecular formula is C13H24O2. The summed E-state index contributed by atoms with van der Waals surface area (Å²) in [6.07, 6.45) is 9.97. The maximum atomic E-state index is 11.4. The summed E-state index contributed by atoms with van der Waals surface area (Å²) in [5.41, 5.74) is -0.131. The van der Waals surface area contributed by atoms with Crippen molar-refractivity contribution in [2.45, 2.75) is 77.2 Å². The molecule has 0 radical (unpaired) electrons. The highest BCUT2D eigenvalue weighted by Gasteiger charge is 2.31. The van der Waals surface area contributed by atoms with Crippen molar-refractivity contribution < 1.29 is 9.53 Å². The van der Waals surface area contributed by atoms with Crippen molar-refractivity contribution >= 4 is 5.97 Å². The van der Waals surface area contributed by atoms with Gasteiger partial charge in [-0.25, -0.2) is 0 Å². The predicted molar refractivity (Wildman–Crippen MR) is 61.7 cm³/mol. The Bertz CT molecular complexity index is 191. The second-order valence-electron chi connectivity index (χ2n) is 4.63. The van der Waals surface area contributed by atoms with E-state index in [0.29, 0.717) is 6.42 Å². The molecule has 1 rings (SSSR count). The third kappa shape index (κ3) is 3.84. The van der Waals surface area contributed by atoms with Gasteiger partial charge in [-0.3, -0.25) is 4.79 Å². The summed E-state index contributed by atoms with van der Waals surface area (Å²) in [6, 6.07) is 0. The van der Waals surface area contributed by atoms with Crippen LogP contribution < -0.4 is 0 Å². The molecule has 0 bridgehead atoms. The van der Waals surface area contributed by atoms with E-state index in [2.05, 4.69) is 6.92 Å². The first kappa shape index (κ1) is 12.5. The number of carbonyl (C=O) groups excluding carboxylic acids is 1. The molecular weight excluding hydrogens is 188 g/mol. The Balaban J connectivity index is 2.57. The van der Waals surface area contributed by atoms with E-state index in [9.17, 15) is 4.79 Å². The minimum absolute atomic E-state index is 0.0302. The van der Waals surface area contributed by atoms with Gasteiger partial charge >= 0.3 is 5.97 Å². The van der Waals surface area contributed by atoms with Crippen molar-refractivity contribution in [3.05, 3.63) is 0 Å². The molecule has 1 saturated carbocycles. The molecule has 0 N–H and O–H groups in total. The first-order valence-corrected chi connectivity index (χ1v) is 6.44. The maximum Gasteiger partial charge on any atom is 0.306 e. The van der Waals surface area contributed by atoms with E-state index in [1.165, 1.54) is 32.1 Å². The normalized spacial score (nSPS) is 21.5. The Labute approximate surface area is 93.4 Å². The van der Waals surface area contributed by atoms with Crippen LogP contribution in [0, 0.1) is 0 Å². The summed E-state index contributed by atoms with van der Waals surface area (Å²) in [5, 5.41) is 0. The van der Waals surface area contributed by atoms with E-state index in [-0.39, 0.29) is 11.6 Å². The number of hydrogen-bond acceptors (Lipinski definition) is 2. The zero-order valence-corrected chi connectivity index (χ0v) is 10.2. The molecule has 0 spiro atoms. The maximum absolute atomic E-state index is 11.4. The van der Waals surface area contributed by atoms with Crippen LogP contribution in [0.25, 0.3) is 0 Å². The standard InChI is InChI=1S/C13H24O2/c1-3-12(14)15-13(4-2)10-8-6-5-7-9-11-13/h3-11H2,1-2H3. The molecule has 88 valence electrons. The molecule has 2 nitrogen and oxygen atoms in total.